The summed E-state index contributed by atoms with van der Waals surface area (Å²) in [6.45, 7) is 4.61. The highest BCUT2D eigenvalue weighted by molar-refractivity contribution is 6.02. The average Bonchev–Trinajstić information content (AvgIpc) is 3.24. The highest BCUT2D eigenvalue weighted by Crippen LogP contribution is 2.66. The summed E-state index contributed by atoms with van der Waals surface area (Å²) in [5.74, 6) is 1.27. The van der Waals surface area contributed by atoms with Crippen LogP contribution in [0.1, 0.15) is 58.8 Å². The third-order valence-electron chi connectivity index (χ3n) is 11.0. The van der Waals surface area contributed by atoms with Crippen LogP contribution in [0.3, 0.4) is 0 Å². The lowest BCUT2D eigenvalue weighted by Gasteiger charge is -2.63. The maximum atomic E-state index is 14.4. The Morgan fingerprint density at radius 2 is 1.54 bits per heavy atom. The molecule has 2 amide bonds. The standard InChI is InChI=1S/C32H40N2O3/c1-31-19-18-28(36)33(3)27(31)17-14-23-24-15-16-25(32(24,2)20-26(35)29(23)31)30(37)34(21-10-6-4-7-11-21)22-12-8-5-9-13-22/h4-13,23-27,29,35H,14-20H2,1-3H3/t23?,24?,25-,26+,27-,29?,31+,32+/m1/s1. The number of piperidine rings is 1. The number of amides is 2. The molecule has 0 bridgehead atoms. The van der Waals surface area contributed by atoms with E-state index >= 15 is 0 Å². The molecule has 6 rings (SSSR count). The molecular weight excluding hydrogens is 460 g/mol. The first-order valence-electron chi connectivity index (χ1n) is 14.1. The number of hydrogen-bond donors (Lipinski definition) is 1. The Labute approximate surface area is 220 Å². The second-order valence-electron chi connectivity index (χ2n) is 12.7. The summed E-state index contributed by atoms with van der Waals surface area (Å²) >= 11 is 0. The summed E-state index contributed by atoms with van der Waals surface area (Å²) < 4.78 is 0. The molecule has 0 aromatic heterocycles. The molecule has 3 saturated carbocycles. The predicted octanol–water partition coefficient (Wildman–Crippen LogP) is 5.80. The van der Waals surface area contributed by atoms with Crippen molar-refractivity contribution in [2.75, 3.05) is 11.9 Å². The van der Waals surface area contributed by atoms with Crippen LogP contribution in [0, 0.1) is 34.5 Å². The number of fused-ring (bicyclic) bond motifs is 5. The lowest BCUT2D eigenvalue weighted by molar-refractivity contribution is -0.183. The summed E-state index contributed by atoms with van der Waals surface area (Å²) in [5, 5.41) is 11.8. The fraction of sp³-hybridized carbons (Fsp3) is 0.562. The second-order valence-corrected chi connectivity index (χ2v) is 12.7. The van der Waals surface area contributed by atoms with Gasteiger partial charge in [-0.3, -0.25) is 14.5 Å². The Balaban J connectivity index is 1.33. The zero-order valence-corrected chi connectivity index (χ0v) is 22.3. The lowest BCUT2D eigenvalue weighted by atomic mass is 9.46. The summed E-state index contributed by atoms with van der Waals surface area (Å²) in [6.07, 6.45) is 5.58. The first-order chi connectivity index (χ1) is 17.8. The maximum absolute atomic E-state index is 14.4. The minimum absolute atomic E-state index is 0.0610. The molecule has 5 heteroatoms. The van der Waals surface area contributed by atoms with E-state index in [2.05, 4.69) is 13.8 Å². The van der Waals surface area contributed by atoms with E-state index in [1.807, 2.05) is 77.5 Å². The van der Waals surface area contributed by atoms with Gasteiger partial charge in [-0.2, -0.15) is 0 Å². The van der Waals surface area contributed by atoms with Gasteiger partial charge in [-0.25, -0.2) is 0 Å². The van der Waals surface area contributed by atoms with Gasteiger partial charge in [0.05, 0.1) is 6.10 Å². The van der Waals surface area contributed by atoms with Crippen molar-refractivity contribution in [3.63, 3.8) is 0 Å². The Hall–Kier alpha value is -2.66. The Bertz CT molecular complexity index is 1130. The number of carbonyl (C=O) groups is 2. The number of benzene rings is 2. The molecule has 1 heterocycles. The highest BCUT2D eigenvalue weighted by atomic mass is 16.3. The number of carbonyl (C=O) groups excluding carboxylic acids is 2. The fourth-order valence-electron chi connectivity index (χ4n) is 9.40. The maximum Gasteiger partial charge on any atom is 0.235 e. The van der Waals surface area contributed by atoms with Crippen LogP contribution in [-0.2, 0) is 9.59 Å². The smallest absolute Gasteiger partial charge is 0.235 e. The zero-order chi connectivity index (χ0) is 25.9. The molecule has 1 N–H and O–H groups in total. The molecule has 1 aliphatic heterocycles. The van der Waals surface area contributed by atoms with Gasteiger partial charge in [0.25, 0.3) is 0 Å². The van der Waals surface area contributed by atoms with Crippen LogP contribution in [0.5, 0.6) is 0 Å². The average molecular weight is 501 g/mol. The lowest BCUT2D eigenvalue weighted by Crippen LogP contribution is -2.64. The van der Waals surface area contributed by atoms with Gasteiger partial charge in [0, 0.05) is 36.8 Å². The van der Waals surface area contributed by atoms with E-state index in [4.69, 9.17) is 0 Å². The minimum atomic E-state index is -0.448. The molecule has 3 aliphatic carbocycles. The van der Waals surface area contributed by atoms with Crippen LogP contribution in [0.25, 0.3) is 0 Å². The van der Waals surface area contributed by atoms with E-state index in [-0.39, 0.29) is 40.5 Å². The molecule has 0 radical (unpaired) electrons. The van der Waals surface area contributed by atoms with Gasteiger partial charge in [0.15, 0.2) is 0 Å². The van der Waals surface area contributed by atoms with Crippen LogP contribution in [0.2, 0.25) is 0 Å². The largest absolute Gasteiger partial charge is 0.393 e. The molecular formula is C32H40N2O3. The van der Waals surface area contributed by atoms with Crippen LogP contribution in [-0.4, -0.2) is 41.0 Å². The van der Waals surface area contributed by atoms with Gasteiger partial charge in [-0.05, 0) is 91.4 Å². The number of aliphatic hydroxyl groups excluding tert-OH is 1. The van der Waals surface area contributed by atoms with Crippen molar-refractivity contribution in [2.45, 2.75) is 70.9 Å². The number of anilines is 2. The summed E-state index contributed by atoms with van der Waals surface area (Å²) in [4.78, 5) is 30.8. The SMILES string of the molecule is CN1C(=O)CC[C@]2(C)C3C(CC[C@@H]12)C1CC[C@H](C(=O)N(c2ccccc2)c2ccccc2)[C@@]1(C)C[C@@H]3O. The highest BCUT2D eigenvalue weighted by Gasteiger charge is 2.65. The summed E-state index contributed by atoms with van der Waals surface area (Å²) in [6, 6.07) is 20.1. The Morgan fingerprint density at radius 1 is 0.919 bits per heavy atom. The topological polar surface area (TPSA) is 60.9 Å². The molecule has 5 nitrogen and oxygen atoms in total. The van der Waals surface area contributed by atoms with Gasteiger partial charge >= 0.3 is 0 Å². The normalized spacial score (nSPS) is 38.9. The van der Waals surface area contributed by atoms with Crippen molar-refractivity contribution in [3.05, 3.63) is 60.7 Å². The zero-order valence-electron chi connectivity index (χ0n) is 22.3. The Morgan fingerprint density at radius 3 is 2.16 bits per heavy atom. The Kier molecular flexibility index (Phi) is 5.98. The molecule has 37 heavy (non-hydrogen) atoms. The molecule has 196 valence electrons. The van der Waals surface area contributed by atoms with Gasteiger partial charge in [-0.1, -0.05) is 50.2 Å². The van der Waals surface area contributed by atoms with E-state index in [1.54, 1.807) is 0 Å². The summed E-state index contributed by atoms with van der Waals surface area (Å²) in [7, 11) is 1.95. The van der Waals surface area contributed by atoms with E-state index < -0.39 is 6.10 Å². The predicted molar refractivity (Wildman–Crippen MR) is 145 cm³/mol. The monoisotopic (exact) mass is 500 g/mol. The number of rotatable bonds is 3. The van der Waals surface area contributed by atoms with Crippen molar-refractivity contribution < 1.29 is 14.7 Å². The number of nitrogens with zero attached hydrogens (tertiary/aromatic N) is 2. The minimum Gasteiger partial charge on any atom is -0.393 e. The van der Waals surface area contributed by atoms with E-state index in [0.717, 1.165) is 43.5 Å². The van der Waals surface area contributed by atoms with Crippen LogP contribution in [0.4, 0.5) is 11.4 Å². The van der Waals surface area contributed by atoms with Crippen molar-refractivity contribution in [3.8, 4) is 0 Å². The molecule has 1 saturated heterocycles. The van der Waals surface area contributed by atoms with Gasteiger partial charge in [0.2, 0.25) is 11.8 Å². The van der Waals surface area contributed by atoms with Gasteiger partial charge in [0.1, 0.15) is 0 Å². The molecule has 8 atom stereocenters. The summed E-state index contributed by atoms with van der Waals surface area (Å²) in [5.41, 5.74) is 1.49. The van der Waals surface area contributed by atoms with Gasteiger partial charge < -0.3 is 10.0 Å². The molecule has 4 aliphatic rings. The van der Waals surface area contributed by atoms with E-state index in [0.29, 0.717) is 24.7 Å². The van der Waals surface area contributed by atoms with Crippen LogP contribution >= 0.6 is 0 Å². The number of hydrogen-bond acceptors (Lipinski definition) is 3. The number of likely N-dealkylation sites (tertiary alicyclic amines) is 1. The molecule has 0 spiro atoms. The first kappa shape index (κ1) is 24.7. The molecule has 4 fully saturated rings. The third-order valence-corrected chi connectivity index (χ3v) is 11.0. The van der Waals surface area contributed by atoms with E-state index in [9.17, 15) is 14.7 Å². The van der Waals surface area contributed by atoms with Crippen molar-refractivity contribution in [2.24, 2.45) is 34.5 Å². The van der Waals surface area contributed by atoms with E-state index in [1.165, 1.54) is 0 Å². The first-order valence-corrected chi connectivity index (χ1v) is 14.1. The second kappa shape index (κ2) is 8.97. The van der Waals surface area contributed by atoms with Crippen molar-refractivity contribution >= 4 is 23.2 Å². The molecule has 2 aromatic rings. The van der Waals surface area contributed by atoms with Crippen LogP contribution in [0.15, 0.2) is 60.7 Å². The number of aliphatic hydroxyl groups is 1. The van der Waals surface area contributed by atoms with Crippen molar-refractivity contribution in [1.82, 2.24) is 4.90 Å². The molecule has 3 unspecified atom stereocenters. The van der Waals surface area contributed by atoms with Crippen molar-refractivity contribution in [1.29, 1.82) is 0 Å². The third kappa shape index (κ3) is 3.68. The number of para-hydroxylation sites is 2. The quantitative estimate of drug-likeness (QED) is 0.579. The van der Waals surface area contributed by atoms with Gasteiger partial charge in [-0.15, -0.1) is 0 Å². The molecule has 2 aromatic carbocycles. The fourth-order valence-corrected chi connectivity index (χ4v) is 9.40. The van der Waals surface area contributed by atoms with Crippen LogP contribution < -0.4 is 4.90 Å².